The highest BCUT2D eigenvalue weighted by molar-refractivity contribution is 7.99. The number of aryl methyl sites for hydroxylation is 4. The van der Waals surface area contributed by atoms with Gasteiger partial charge < -0.3 is 9.84 Å². The molecule has 0 amide bonds. The number of unbranched alkanes of at least 4 members (excludes halogenated alkanes) is 11. The van der Waals surface area contributed by atoms with Crippen molar-refractivity contribution in [3.05, 3.63) is 46.5 Å². The first-order chi connectivity index (χ1) is 18.3. The zero-order valence-corrected chi connectivity index (χ0v) is 26.1. The highest BCUT2D eigenvalue weighted by Gasteiger charge is 2.13. The lowest BCUT2D eigenvalue weighted by molar-refractivity contribution is -0.134. The molecule has 0 aromatic heterocycles. The molecule has 0 aliphatic carbocycles. The summed E-state index contributed by atoms with van der Waals surface area (Å²) in [6.07, 6.45) is 16.9. The lowest BCUT2D eigenvalue weighted by Crippen LogP contribution is -2.11. The van der Waals surface area contributed by atoms with Crippen LogP contribution in [0.3, 0.4) is 0 Å². The molecule has 1 N–H and O–H groups in total. The van der Waals surface area contributed by atoms with E-state index in [9.17, 15) is 9.90 Å². The third kappa shape index (κ3) is 12.5. The van der Waals surface area contributed by atoms with Gasteiger partial charge in [-0.2, -0.15) is 11.8 Å². The topological polar surface area (TPSA) is 46.5 Å². The zero-order valence-electron chi connectivity index (χ0n) is 24.5. The molecule has 0 bridgehead atoms. The normalized spacial score (nSPS) is 11.2. The predicted octanol–water partition coefficient (Wildman–Crippen LogP) is 10.5. The fourth-order valence-electron chi connectivity index (χ4n) is 4.71. The largest absolute Gasteiger partial charge is 0.507 e. The Morgan fingerprint density at radius 2 is 1.13 bits per heavy atom. The average Bonchev–Trinajstić information content (AvgIpc) is 2.87. The van der Waals surface area contributed by atoms with Crippen molar-refractivity contribution in [3.8, 4) is 11.5 Å². The molecule has 212 valence electrons. The highest BCUT2D eigenvalue weighted by Crippen LogP contribution is 2.36. The monoisotopic (exact) mass is 558 g/mol. The van der Waals surface area contributed by atoms with E-state index < -0.39 is 0 Å². The van der Waals surface area contributed by atoms with Crippen LogP contribution in [0.25, 0.3) is 0 Å². The Kier molecular flexibility index (Phi) is 16.0. The van der Waals surface area contributed by atoms with E-state index in [4.69, 9.17) is 4.74 Å². The van der Waals surface area contributed by atoms with Crippen LogP contribution in [0.5, 0.6) is 11.5 Å². The fraction of sp³-hybridized carbons (Fsp3) is 0.606. The molecule has 38 heavy (non-hydrogen) atoms. The highest BCUT2D eigenvalue weighted by atomic mass is 32.2. The van der Waals surface area contributed by atoms with Gasteiger partial charge in [0.1, 0.15) is 11.5 Å². The zero-order chi connectivity index (χ0) is 27.8. The van der Waals surface area contributed by atoms with Crippen molar-refractivity contribution in [2.75, 3.05) is 11.5 Å². The summed E-state index contributed by atoms with van der Waals surface area (Å²) in [5, 5.41) is 10.0. The van der Waals surface area contributed by atoms with Gasteiger partial charge >= 0.3 is 5.97 Å². The maximum absolute atomic E-state index is 12.5. The fourth-order valence-corrected chi connectivity index (χ4v) is 6.85. The number of phenols is 1. The quantitative estimate of drug-likeness (QED) is 0.106. The van der Waals surface area contributed by atoms with Gasteiger partial charge in [0.15, 0.2) is 0 Å². The van der Waals surface area contributed by atoms with E-state index in [2.05, 4.69) is 19.1 Å². The van der Waals surface area contributed by atoms with Crippen molar-refractivity contribution in [1.82, 2.24) is 0 Å². The molecule has 0 aliphatic rings. The standard InChI is InChI=1S/C33H50O3S2/c1-6-7-8-9-10-11-12-13-14-15-16-17-19-37-20-18-31(34)36-33-27(4)23-30(24-28(33)5)38-29-21-25(2)32(35)26(3)22-29/h21-24,35H,6-20H2,1-5H3. The van der Waals surface area contributed by atoms with Gasteiger partial charge in [0.05, 0.1) is 6.42 Å². The summed E-state index contributed by atoms with van der Waals surface area (Å²) in [6.45, 7) is 10.1. The molecule has 0 saturated carbocycles. The molecule has 0 fully saturated rings. The van der Waals surface area contributed by atoms with E-state index in [1.807, 2.05) is 51.6 Å². The van der Waals surface area contributed by atoms with Gasteiger partial charge in [0.2, 0.25) is 0 Å². The summed E-state index contributed by atoms with van der Waals surface area (Å²) in [7, 11) is 0. The Labute approximate surface area is 240 Å². The molecule has 0 atom stereocenters. The average molecular weight is 559 g/mol. The van der Waals surface area contributed by atoms with Gasteiger partial charge in [0.25, 0.3) is 0 Å². The first kappa shape index (κ1) is 32.6. The van der Waals surface area contributed by atoms with Gasteiger partial charge in [0, 0.05) is 15.5 Å². The number of ether oxygens (including phenoxy) is 1. The third-order valence-electron chi connectivity index (χ3n) is 6.94. The van der Waals surface area contributed by atoms with Crippen LogP contribution in [-0.4, -0.2) is 22.6 Å². The van der Waals surface area contributed by atoms with Crippen molar-refractivity contribution >= 4 is 29.5 Å². The van der Waals surface area contributed by atoms with E-state index >= 15 is 0 Å². The number of esters is 1. The maximum Gasteiger partial charge on any atom is 0.312 e. The molecule has 2 rings (SSSR count). The van der Waals surface area contributed by atoms with Crippen LogP contribution in [0.2, 0.25) is 0 Å². The number of phenolic OH excluding ortho intramolecular Hbond substituents is 1. The number of hydrogen-bond acceptors (Lipinski definition) is 5. The van der Waals surface area contributed by atoms with Crippen molar-refractivity contribution in [2.45, 2.75) is 128 Å². The van der Waals surface area contributed by atoms with Crippen molar-refractivity contribution in [1.29, 1.82) is 0 Å². The molecular formula is C33H50O3S2. The second-order valence-electron chi connectivity index (χ2n) is 10.6. The molecule has 0 unspecified atom stereocenters. The Morgan fingerprint density at radius 3 is 1.63 bits per heavy atom. The van der Waals surface area contributed by atoms with Gasteiger partial charge in [-0.25, -0.2) is 0 Å². The number of rotatable bonds is 19. The van der Waals surface area contributed by atoms with Gasteiger partial charge in [-0.3, -0.25) is 4.79 Å². The van der Waals surface area contributed by atoms with Crippen molar-refractivity contribution < 1.29 is 14.6 Å². The molecule has 5 heteroatoms. The van der Waals surface area contributed by atoms with Crippen LogP contribution in [0.15, 0.2) is 34.1 Å². The van der Waals surface area contributed by atoms with Crippen LogP contribution in [-0.2, 0) is 4.79 Å². The SMILES string of the molecule is CCCCCCCCCCCCCCSCCC(=O)Oc1c(C)cc(Sc2cc(C)c(O)c(C)c2)cc1C. The van der Waals surface area contributed by atoms with Crippen LogP contribution < -0.4 is 4.74 Å². The molecule has 3 nitrogen and oxygen atoms in total. The van der Waals surface area contributed by atoms with Crippen LogP contribution in [0, 0.1) is 27.7 Å². The Bertz CT molecular complexity index is 940. The molecule has 0 spiro atoms. The predicted molar refractivity (Wildman–Crippen MR) is 166 cm³/mol. The smallest absolute Gasteiger partial charge is 0.312 e. The van der Waals surface area contributed by atoms with Gasteiger partial charge in [-0.1, -0.05) is 89.3 Å². The van der Waals surface area contributed by atoms with Crippen LogP contribution >= 0.6 is 23.5 Å². The summed E-state index contributed by atoms with van der Waals surface area (Å²) in [4.78, 5) is 14.7. The summed E-state index contributed by atoms with van der Waals surface area (Å²) in [5.74, 6) is 2.84. The molecule has 0 aliphatic heterocycles. The minimum absolute atomic E-state index is 0.149. The second kappa shape index (κ2) is 18.7. The Hall–Kier alpha value is -1.59. The molecule has 2 aromatic rings. The minimum atomic E-state index is -0.149. The van der Waals surface area contributed by atoms with E-state index in [0.717, 1.165) is 43.6 Å². The summed E-state index contributed by atoms with van der Waals surface area (Å²) < 4.78 is 5.76. The number of hydrogen-bond donors (Lipinski definition) is 1. The number of carbonyl (C=O) groups is 1. The minimum Gasteiger partial charge on any atom is -0.507 e. The lowest BCUT2D eigenvalue weighted by Gasteiger charge is -2.13. The summed E-state index contributed by atoms with van der Waals surface area (Å²) in [5.41, 5.74) is 3.70. The molecule has 0 heterocycles. The second-order valence-corrected chi connectivity index (χ2v) is 13.0. The number of carbonyl (C=O) groups excluding carboxylic acids is 1. The first-order valence-electron chi connectivity index (χ1n) is 14.7. The van der Waals surface area contributed by atoms with Gasteiger partial charge in [-0.05, 0) is 86.4 Å². The Morgan fingerprint density at radius 1 is 0.684 bits per heavy atom. The van der Waals surface area contributed by atoms with Crippen LogP contribution in [0.4, 0.5) is 0 Å². The van der Waals surface area contributed by atoms with E-state index in [1.54, 1.807) is 11.8 Å². The van der Waals surface area contributed by atoms with Crippen LogP contribution in [0.1, 0.15) is 113 Å². The van der Waals surface area contributed by atoms with Crippen molar-refractivity contribution in [2.24, 2.45) is 0 Å². The van der Waals surface area contributed by atoms with E-state index in [1.165, 1.54) is 77.0 Å². The number of thioether (sulfide) groups is 1. The van der Waals surface area contributed by atoms with Gasteiger partial charge in [-0.15, -0.1) is 0 Å². The molecule has 0 radical (unpaired) electrons. The number of aromatic hydroxyl groups is 1. The Balaban J connectivity index is 1.59. The summed E-state index contributed by atoms with van der Waals surface area (Å²) >= 11 is 3.52. The summed E-state index contributed by atoms with van der Waals surface area (Å²) in [6, 6.07) is 8.14. The van der Waals surface area contributed by atoms with Crippen molar-refractivity contribution in [3.63, 3.8) is 0 Å². The molecule has 0 saturated heterocycles. The molecule has 2 aromatic carbocycles. The first-order valence-corrected chi connectivity index (χ1v) is 16.7. The molecular weight excluding hydrogens is 508 g/mol. The number of benzene rings is 2. The van der Waals surface area contributed by atoms with E-state index in [0.29, 0.717) is 17.9 Å². The van der Waals surface area contributed by atoms with E-state index in [-0.39, 0.29) is 5.97 Å². The lowest BCUT2D eigenvalue weighted by atomic mass is 10.1. The maximum atomic E-state index is 12.5. The third-order valence-corrected chi connectivity index (χ3v) is 8.96.